The number of aromatic nitrogens is 2. The third kappa shape index (κ3) is 3.93. The summed E-state index contributed by atoms with van der Waals surface area (Å²) in [5, 5.41) is 0. The van der Waals surface area contributed by atoms with E-state index in [-0.39, 0.29) is 17.8 Å². The second-order valence-corrected chi connectivity index (χ2v) is 6.21. The van der Waals surface area contributed by atoms with Crippen molar-refractivity contribution in [3.63, 3.8) is 0 Å². The second-order valence-electron chi connectivity index (χ2n) is 6.21. The van der Waals surface area contributed by atoms with E-state index >= 15 is 0 Å². The third-order valence-electron chi connectivity index (χ3n) is 4.08. The Bertz CT molecular complexity index is 764. The number of carbonyl (C=O) groups is 1. The maximum Gasteiger partial charge on any atom is 0.254 e. The minimum atomic E-state index is -0.357. The number of carbonyl (C=O) groups excluding carboxylic acids is 1. The molecule has 2 heterocycles. The molecular weight excluding hydrogens is 323 g/mol. The number of benzene rings is 1. The van der Waals surface area contributed by atoms with Crippen LogP contribution in [0.3, 0.4) is 0 Å². The minimum absolute atomic E-state index is 0.132. The maximum atomic E-state index is 13.1. The largest absolute Gasteiger partial charge is 0.368 e. The van der Waals surface area contributed by atoms with Crippen LogP contribution in [0.2, 0.25) is 0 Å². The summed E-state index contributed by atoms with van der Waals surface area (Å²) in [6.07, 6.45) is -0.307. The summed E-state index contributed by atoms with van der Waals surface area (Å²) in [6.45, 7) is 3.16. The number of amides is 1. The van der Waals surface area contributed by atoms with E-state index < -0.39 is 0 Å². The van der Waals surface area contributed by atoms with Crippen LogP contribution in [-0.2, 0) is 4.74 Å². The molecule has 2 aromatic rings. The smallest absolute Gasteiger partial charge is 0.254 e. The lowest BCUT2D eigenvalue weighted by Crippen LogP contribution is -2.42. The fraction of sp³-hybridized carbons (Fsp3) is 0.389. The molecule has 0 bridgehead atoms. The van der Waals surface area contributed by atoms with E-state index in [4.69, 9.17) is 4.74 Å². The Morgan fingerprint density at radius 2 is 2.00 bits per heavy atom. The van der Waals surface area contributed by atoms with Crippen molar-refractivity contribution < 1.29 is 13.9 Å². The molecule has 0 aliphatic carbocycles. The van der Waals surface area contributed by atoms with Crippen LogP contribution in [-0.4, -0.2) is 54.6 Å². The molecule has 6 nitrogen and oxygen atoms in total. The van der Waals surface area contributed by atoms with E-state index in [0.717, 1.165) is 11.5 Å². The highest BCUT2D eigenvalue weighted by molar-refractivity contribution is 5.94. The van der Waals surface area contributed by atoms with Crippen LogP contribution in [0.4, 0.5) is 10.2 Å². The zero-order chi connectivity index (χ0) is 18.0. The van der Waals surface area contributed by atoms with Crippen molar-refractivity contribution in [2.45, 2.75) is 13.0 Å². The predicted molar refractivity (Wildman–Crippen MR) is 92.1 cm³/mol. The van der Waals surface area contributed by atoms with Crippen molar-refractivity contribution in [1.82, 2.24) is 14.9 Å². The average molecular weight is 344 g/mol. The van der Waals surface area contributed by atoms with E-state index in [9.17, 15) is 9.18 Å². The molecule has 1 fully saturated rings. The Kier molecular flexibility index (Phi) is 4.94. The molecule has 0 spiro atoms. The number of rotatable bonds is 3. The molecule has 1 saturated heterocycles. The topological polar surface area (TPSA) is 58.6 Å². The first-order valence-electron chi connectivity index (χ1n) is 8.13. The molecule has 3 rings (SSSR count). The van der Waals surface area contributed by atoms with Gasteiger partial charge in [0.2, 0.25) is 0 Å². The summed E-state index contributed by atoms with van der Waals surface area (Å²) in [4.78, 5) is 25.1. The molecule has 1 aromatic heterocycles. The quantitative estimate of drug-likeness (QED) is 0.854. The molecule has 7 heteroatoms. The molecule has 25 heavy (non-hydrogen) atoms. The van der Waals surface area contributed by atoms with Crippen LogP contribution in [0, 0.1) is 12.7 Å². The molecule has 0 N–H and O–H groups in total. The maximum absolute atomic E-state index is 13.1. The molecule has 0 radical (unpaired) electrons. The summed E-state index contributed by atoms with van der Waals surface area (Å²) >= 11 is 0. The lowest BCUT2D eigenvalue weighted by atomic mass is 10.1. The minimum Gasteiger partial charge on any atom is -0.368 e. The molecule has 1 aromatic carbocycles. The average Bonchev–Trinajstić information content (AvgIpc) is 2.61. The monoisotopic (exact) mass is 344 g/mol. The first kappa shape index (κ1) is 17.3. The first-order valence-corrected chi connectivity index (χ1v) is 8.13. The Morgan fingerprint density at radius 1 is 1.28 bits per heavy atom. The number of anilines is 1. The van der Waals surface area contributed by atoms with Crippen molar-refractivity contribution >= 4 is 11.7 Å². The van der Waals surface area contributed by atoms with Crippen LogP contribution in [0.5, 0.6) is 0 Å². The number of aryl methyl sites for hydroxylation is 1. The van der Waals surface area contributed by atoms with Gasteiger partial charge in [0.25, 0.3) is 5.91 Å². The van der Waals surface area contributed by atoms with Crippen LogP contribution in [0.1, 0.15) is 28.0 Å². The highest BCUT2D eigenvalue weighted by Crippen LogP contribution is 2.24. The van der Waals surface area contributed by atoms with Gasteiger partial charge < -0.3 is 14.5 Å². The number of ether oxygens (including phenoxy) is 1. The fourth-order valence-corrected chi connectivity index (χ4v) is 2.76. The van der Waals surface area contributed by atoms with E-state index in [1.54, 1.807) is 4.90 Å². The molecule has 0 saturated carbocycles. The van der Waals surface area contributed by atoms with Gasteiger partial charge in [-0.05, 0) is 31.2 Å². The summed E-state index contributed by atoms with van der Waals surface area (Å²) in [5.74, 6) is 0.968. The summed E-state index contributed by atoms with van der Waals surface area (Å²) < 4.78 is 18.9. The number of halogens is 1. The van der Waals surface area contributed by atoms with E-state index in [1.165, 1.54) is 24.3 Å². The zero-order valence-corrected chi connectivity index (χ0v) is 14.6. The molecule has 1 aliphatic rings. The molecule has 1 aliphatic heterocycles. The van der Waals surface area contributed by atoms with Crippen molar-refractivity contribution in [3.05, 3.63) is 53.2 Å². The van der Waals surface area contributed by atoms with Gasteiger partial charge in [-0.3, -0.25) is 4.79 Å². The van der Waals surface area contributed by atoms with Crippen LogP contribution in [0.15, 0.2) is 30.3 Å². The summed E-state index contributed by atoms with van der Waals surface area (Å²) in [7, 11) is 3.83. The highest BCUT2D eigenvalue weighted by atomic mass is 19.1. The SMILES string of the molecule is Cc1nc(C2CN(C(=O)c3ccc(F)cc3)CCO2)cc(N(C)C)n1. The van der Waals surface area contributed by atoms with Crippen LogP contribution >= 0.6 is 0 Å². The Morgan fingerprint density at radius 3 is 2.68 bits per heavy atom. The molecule has 1 unspecified atom stereocenters. The highest BCUT2D eigenvalue weighted by Gasteiger charge is 2.27. The Balaban J connectivity index is 1.79. The van der Waals surface area contributed by atoms with Gasteiger partial charge in [0.15, 0.2) is 0 Å². The number of hydrogen-bond acceptors (Lipinski definition) is 5. The summed E-state index contributed by atoms with van der Waals surface area (Å²) in [6, 6.07) is 7.47. The lowest BCUT2D eigenvalue weighted by Gasteiger charge is -2.33. The van der Waals surface area contributed by atoms with Crippen molar-refractivity contribution in [2.24, 2.45) is 0 Å². The molecular formula is C18H21FN4O2. The number of hydrogen-bond donors (Lipinski definition) is 0. The van der Waals surface area contributed by atoms with Gasteiger partial charge in [0.1, 0.15) is 23.6 Å². The summed E-state index contributed by atoms with van der Waals surface area (Å²) in [5.41, 5.74) is 1.22. The van der Waals surface area contributed by atoms with Crippen molar-refractivity contribution in [1.29, 1.82) is 0 Å². The molecule has 1 atom stereocenters. The van der Waals surface area contributed by atoms with Gasteiger partial charge in [-0.25, -0.2) is 14.4 Å². The van der Waals surface area contributed by atoms with Gasteiger partial charge in [-0.2, -0.15) is 0 Å². The Labute approximate surface area is 146 Å². The number of nitrogens with zero attached hydrogens (tertiary/aromatic N) is 4. The third-order valence-corrected chi connectivity index (χ3v) is 4.08. The lowest BCUT2D eigenvalue weighted by molar-refractivity contribution is -0.0248. The van der Waals surface area contributed by atoms with Crippen molar-refractivity contribution in [2.75, 3.05) is 38.7 Å². The fourth-order valence-electron chi connectivity index (χ4n) is 2.76. The van der Waals surface area contributed by atoms with E-state index in [2.05, 4.69) is 9.97 Å². The Hall–Kier alpha value is -2.54. The van der Waals surface area contributed by atoms with Crippen molar-refractivity contribution in [3.8, 4) is 0 Å². The normalized spacial score (nSPS) is 17.4. The van der Waals surface area contributed by atoms with E-state index in [0.29, 0.717) is 31.1 Å². The standard InChI is InChI=1S/C18H21FN4O2/c1-12-20-15(10-17(21-12)22(2)3)16-11-23(8-9-25-16)18(24)13-4-6-14(19)7-5-13/h4-7,10,16H,8-9,11H2,1-3H3. The van der Waals surface area contributed by atoms with E-state index in [1.807, 2.05) is 32.0 Å². The van der Waals surface area contributed by atoms with Gasteiger partial charge in [-0.1, -0.05) is 0 Å². The van der Waals surface area contributed by atoms with Gasteiger partial charge in [0, 0.05) is 32.3 Å². The second kappa shape index (κ2) is 7.14. The van der Waals surface area contributed by atoms with Gasteiger partial charge >= 0.3 is 0 Å². The predicted octanol–water partition coefficient (Wildman–Crippen LogP) is 2.20. The van der Waals surface area contributed by atoms with Crippen LogP contribution in [0.25, 0.3) is 0 Å². The van der Waals surface area contributed by atoms with Gasteiger partial charge in [0.05, 0.1) is 18.8 Å². The number of morpholine rings is 1. The van der Waals surface area contributed by atoms with Gasteiger partial charge in [-0.15, -0.1) is 0 Å². The first-order chi connectivity index (χ1) is 11.9. The molecule has 132 valence electrons. The van der Waals surface area contributed by atoms with Crippen LogP contribution < -0.4 is 4.90 Å². The molecule has 1 amide bonds. The zero-order valence-electron chi connectivity index (χ0n) is 14.6.